The molecule has 0 N–H and O–H groups in total. The molecule has 1 aliphatic carbocycles. The summed E-state index contributed by atoms with van der Waals surface area (Å²) in [6, 6.07) is -0.315. The standard InChI is InChI=1S/C16H25N3O3/c1-2-17(12-7-4-3-5-8-12)14(20)11-19-15(21)13-9-6-10-18(13)16(19)22/h12-13H,2-11H2,1H3. The Morgan fingerprint density at radius 2 is 1.86 bits per heavy atom. The van der Waals surface area contributed by atoms with Gasteiger partial charge < -0.3 is 9.80 Å². The molecule has 3 rings (SSSR count). The number of amides is 4. The highest BCUT2D eigenvalue weighted by Gasteiger charge is 2.48. The molecule has 4 amide bonds. The Labute approximate surface area is 131 Å². The van der Waals surface area contributed by atoms with E-state index in [1.807, 2.05) is 11.8 Å². The molecule has 6 nitrogen and oxygen atoms in total. The van der Waals surface area contributed by atoms with E-state index >= 15 is 0 Å². The first-order valence-electron chi connectivity index (χ1n) is 8.55. The van der Waals surface area contributed by atoms with Crippen LogP contribution in [0.2, 0.25) is 0 Å². The quantitative estimate of drug-likeness (QED) is 0.741. The van der Waals surface area contributed by atoms with Crippen LogP contribution >= 0.6 is 0 Å². The highest BCUT2D eigenvalue weighted by atomic mass is 16.2. The van der Waals surface area contributed by atoms with Gasteiger partial charge in [-0.1, -0.05) is 19.3 Å². The van der Waals surface area contributed by atoms with Crippen molar-refractivity contribution in [2.75, 3.05) is 19.6 Å². The molecule has 3 fully saturated rings. The molecular weight excluding hydrogens is 282 g/mol. The zero-order valence-corrected chi connectivity index (χ0v) is 13.3. The Hall–Kier alpha value is -1.59. The summed E-state index contributed by atoms with van der Waals surface area (Å²) in [5.41, 5.74) is 0. The fourth-order valence-electron chi connectivity index (χ4n) is 4.08. The smallest absolute Gasteiger partial charge is 0.327 e. The van der Waals surface area contributed by atoms with Crippen molar-refractivity contribution < 1.29 is 14.4 Å². The number of urea groups is 1. The number of nitrogens with zero attached hydrogens (tertiary/aromatic N) is 3. The Morgan fingerprint density at radius 3 is 2.50 bits per heavy atom. The average molecular weight is 307 g/mol. The largest absolute Gasteiger partial charge is 0.338 e. The predicted molar refractivity (Wildman–Crippen MR) is 81.1 cm³/mol. The maximum atomic E-state index is 12.6. The van der Waals surface area contributed by atoms with Gasteiger partial charge in [-0.25, -0.2) is 4.79 Å². The van der Waals surface area contributed by atoms with E-state index in [1.54, 1.807) is 4.90 Å². The second kappa shape index (κ2) is 6.26. The van der Waals surface area contributed by atoms with Gasteiger partial charge in [-0.2, -0.15) is 0 Å². The summed E-state index contributed by atoms with van der Waals surface area (Å²) in [7, 11) is 0. The first-order valence-corrected chi connectivity index (χ1v) is 8.55. The van der Waals surface area contributed by atoms with Crippen molar-refractivity contribution in [2.45, 2.75) is 64.0 Å². The molecule has 2 aliphatic heterocycles. The SMILES string of the molecule is CCN(C(=O)CN1C(=O)C2CCCN2C1=O)C1CCCCC1. The first-order chi connectivity index (χ1) is 10.6. The van der Waals surface area contributed by atoms with E-state index in [0.717, 1.165) is 43.4 Å². The van der Waals surface area contributed by atoms with Crippen molar-refractivity contribution in [1.29, 1.82) is 0 Å². The van der Waals surface area contributed by atoms with Gasteiger partial charge in [0.2, 0.25) is 5.91 Å². The predicted octanol–water partition coefficient (Wildman–Crippen LogP) is 1.59. The number of likely N-dealkylation sites (N-methyl/N-ethyl adjacent to an activating group) is 1. The zero-order valence-electron chi connectivity index (χ0n) is 13.3. The summed E-state index contributed by atoms with van der Waals surface area (Å²) in [5.74, 6) is -0.271. The molecule has 0 aromatic heterocycles. The minimum Gasteiger partial charge on any atom is -0.338 e. The molecule has 0 aromatic carbocycles. The lowest BCUT2D eigenvalue weighted by Crippen LogP contribution is -2.48. The highest BCUT2D eigenvalue weighted by molar-refractivity contribution is 6.06. The Kier molecular flexibility index (Phi) is 4.36. The van der Waals surface area contributed by atoms with Crippen molar-refractivity contribution >= 4 is 17.8 Å². The van der Waals surface area contributed by atoms with Crippen LogP contribution < -0.4 is 0 Å². The number of imide groups is 1. The van der Waals surface area contributed by atoms with Gasteiger partial charge in [-0.05, 0) is 32.6 Å². The van der Waals surface area contributed by atoms with Gasteiger partial charge in [0.1, 0.15) is 12.6 Å². The van der Waals surface area contributed by atoms with Crippen LogP contribution in [0.4, 0.5) is 4.79 Å². The zero-order chi connectivity index (χ0) is 15.7. The van der Waals surface area contributed by atoms with Gasteiger partial charge >= 0.3 is 6.03 Å². The molecule has 2 heterocycles. The van der Waals surface area contributed by atoms with E-state index in [-0.39, 0.29) is 36.5 Å². The third-order valence-electron chi connectivity index (χ3n) is 5.25. The lowest BCUT2D eigenvalue weighted by atomic mass is 9.94. The summed E-state index contributed by atoms with van der Waals surface area (Å²) in [5, 5.41) is 0. The van der Waals surface area contributed by atoms with Gasteiger partial charge in [0.15, 0.2) is 0 Å². The molecule has 122 valence electrons. The summed E-state index contributed by atoms with van der Waals surface area (Å²) in [6.07, 6.45) is 7.24. The number of hydrogen-bond acceptors (Lipinski definition) is 3. The van der Waals surface area contributed by atoms with E-state index in [2.05, 4.69) is 0 Å². The molecule has 0 radical (unpaired) electrons. The maximum absolute atomic E-state index is 12.6. The van der Waals surface area contributed by atoms with Crippen LogP contribution in [0.3, 0.4) is 0 Å². The van der Waals surface area contributed by atoms with E-state index in [1.165, 1.54) is 6.42 Å². The lowest BCUT2D eigenvalue weighted by Gasteiger charge is -2.34. The molecule has 3 aliphatic rings. The molecular formula is C16H25N3O3. The van der Waals surface area contributed by atoms with Crippen LogP contribution in [-0.2, 0) is 9.59 Å². The van der Waals surface area contributed by atoms with Gasteiger partial charge in [0.05, 0.1) is 0 Å². The van der Waals surface area contributed by atoms with Crippen molar-refractivity contribution in [3.8, 4) is 0 Å². The van der Waals surface area contributed by atoms with E-state index in [0.29, 0.717) is 13.1 Å². The van der Waals surface area contributed by atoms with Gasteiger partial charge in [0, 0.05) is 19.1 Å². The number of fused-ring (bicyclic) bond motifs is 1. The van der Waals surface area contributed by atoms with Crippen LogP contribution in [0.5, 0.6) is 0 Å². The Morgan fingerprint density at radius 1 is 1.14 bits per heavy atom. The summed E-state index contributed by atoms with van der Waals surface area (Å²) >= 11 is 0. The topological polar surface area (TPSA) is 60.9 Å². The normalized spacial score (nSPS) is 25.8. The van der Waals surface area contributed by atoms with Crippen molar-refractivity contribution in [1.82, 2.24) is 14.7 Å². The van der Waals surface area contributed by atoms with E-state index < -0.39 is 0 Å². The van der Waals surface area contributed by atoms with E-state index in [4.69, 9.17) is 0 Å². The second-order valence-corrected chi connectivity index (χ2v) is 6.53. The first kappa shape index (κ1) is 15.3. The lowest BCUT2D eigenvalue weighted by molar-refractivity contribution is -0.139. The number of rotatable bonds is 4. The Bertz CT molecular complexity index is 451. The van der Waals surface area contributed by atoms with Crippen LogP contribution in [0, 0.1) is 0 Å². The second-order valence-electron chi connectivity index (χ2n) is 6.53. The minimum atomic E-state index is -0.315. The molecule has 1 atom stereocenters. The maximum Gasteiger partial charge on any atom is 0.327 e. The van der Waals surface area contributed by atoms with Gasteiger partial charge in [-0.15, -0.1) is 0 Å². The van der Waals surface area contributed by atoms with Crippen molar-refractivity contribution in [3.63, 3.8) is 0 Å². The fourth-order valence-corrected chi connectivity index (χ4v) is 4.08. The molecule has 0 spiro atoms. The molecule has 0 bridgehead atoms. The van der Waals surface area contributed by atoms with Gasteiger partial charge in [-0.3, -0.25) is 14.5 Å². The fraction of sp³-hybridized carbons (Fsp3) is 0.812. The monoisotopic (exact) mass is 307 g/mol. The minimum absolute atomic E-state index is 0.0859. The van der Waals surface area contributed by atoms with Gasteiger partial charge in [0.25, 0.3) is 5.91 Å². The van der Waals surface area contributed by atoms with Crippen LogP contribution in [0.15, 0.2) is 0 Å². The van der Waals surface area contributed by atoms with Crippen LogP contribution in [0.1, 0.15) is 51.9 Å². The third-order valence-corrected chi connectivity index (χ3v) is 5.25. The Balaban J connectivity index is 1.65. The number of carbonyl (C=O) groups excluding carboxylic acids is 3. The van der Waals surface area contributed by atoms with Crippen molar-refractivity contribution in [3.05, 3.63) is 0 Å². The summed E-state index contributed by atoms with van der Waals surface area (Å²) in [4.78, 5) is 41.8. The molecule has 22 heavy (non-hydrogen) atoms. The molecule has 1 saturated carbocycles. The van der Waals surface area contributed by atoms with E-state index in [9.17, 15) is 14.4 Å². The average Bonchev–Trinajstić information content (AvgIpc) is 3.09. The summed E-state index contributed by atoms with van der Waals surface area (Å²) < 4.78 is 0. The highest BCUT2D eigenvalue weighted by Crippen LogP contribution is 2.28. The molecule has 6 heteroatoms. The molecule has 1 unspecified atom stereocenters. The third kappa shape index (κ3) is 2.59. The van der Waals surface area contributed by atoms with Crippen molar-refractivity contribution in [2.24, 2.45) is 0 Å². The summed E-state index contributed by atoms with van der Waals surface area (Å²) in [6.45, 7) is 3.17. The molecule has 2 saturated heterocycles. The number of hydrogen-bond donors (Lipinski definition) is 0. The number of carbonyl (C=O) groups is 3. The molecule has 0 aromatic rings. The van der Waals surface area contributed by atoms with Crippen LogP contribution in [-0.4, -0.2) is 64.3 Å². The van der Waals surface area contributed by atoms with Crippen LogP contribution in [0.25, 0.3) is 0 Å².